The van der Waals surface area contributed by atoms with Gasteiger partial charge in [0, 0.05) is 0 Å². The topological polar surface area (TPSA) is 23.8 Å². The first-order valence-corrected chi connectivity index (χ1v) is 14.1. The summed E-state index contributed by atoms with van der Waals surface area (Å²) in [4.78, 5) is 0. The standard InChI is InChI=1S/C29H53N/c1-3-5-7-9-13-19-28(20-14-11-15-21-28)25-27(26-30)29(23-17-12-18-24-29)22-16-10-8-6-4-2/h27H,3-25H2,1-2H3. The number of unbranched alkanes of at least 4 members (excludes halogenated alkanes) is 8. The molecule has 30 heavy (non-hydrogen) atoms. The Kier molecular flexibility index (Phi) is 12.5. The molecule has 0 aromatic carbocycles. The van der Waals surface area contributed by atoms with Crippen molar-refractivity contribution >= 4 is 0 Å². The average molecular weight is 416 g/mol. The molecule has 2 aliphatic rings. The number of hydrogen-bond donors (Lipinski definition) is 0. The maximum absolute atomic E-state index is 10.4. The van der Waals surface area contributed by atoms with Crippen molar-refractivity contribution in [3.63, 3.8) is 0 Å². The third-order valence-corrected chi connectivity index (χ3v) is 8.88. The molecule has 0 heterocycles. The molecule has 0 aliphatic heterocycles. The number of hydrogen-bond acceptors (Lipinski definition) is 1. The van der Waals surface area contributed by atoms with Gasteiger partial charge in [0.15, 0.2) is 0 Å². The molecule has 1 heteroatoms. The first-order valence-electron chi connectivity index (χ1n) is 14.1. The minimum atomic E-state index is 0.317. The van der Waals surface area contributed by atoms with Crippen LogP contribution in [0.2, 0.25) is 0 Å². The van der Waals surface area contributed by atoms with Gasteiger partial charge in [0.25, 0.3) is 0 Å². The van der Waals surface area contributed by atoms with E-state index in [4.69, 9.17) is 0 Å². The van der Waals surface area contributed by atoms with Gasteiger partial charge in [-0.1, -0.05) is 117 Å². The number of rotatable bonds is 15. The maximum atomic E-state index is 10.4. The predicted octanol–water partition coefficient (Wildman–Crippen LogP) is 10.1. The summed E-state index contributed by atoms with van der Waals surface area (Å²) < 4.78 is 0. The Bertz CT molecular complexity index is 461. The van der Waals surface area contributed by atoms with Gasteiger partial charge in [-0.3, -0.25) is 0 Å². The van der Waals surface area contributed by atoms with E-state index in [1.54, 1.807) is 0 Å². The fraction of sp³-hybridized carbons (Fsp3) is 0.966. The van der Waals surface area contributed by atoms with Crippen LogP contribution in [0.25, 0.3) is 0 Å². The molecule has 2 rings (SSSR count). The summed E-state index contributed by atoms with van der Waals surface area (Å²) in [6.45, 7) is 4.62. The molecule has 2 fully saturated rings. The zero-order valence-electron chi connectivity index (χ0n) is 20.8. The van der Waals surface area contributed by atoms with Crippen molar-refractivity contribution in [3.8, 4) is 6.07 Å². The van der Waals surface area contributed by atoms with E-state index in [1.165, 1.54) is 148 Å². The Balaban J connectivity index is 2.02. The second-order valence-electron chi connectivity index (χ2n) is 11.2. The van der Waals surface area contributed by atoms with E-state index in [0.29, 0.717) is 16.7 Å². The fourth-order valence-electron chi connectivity index (χ4n) is 6.90. The molecule has 0 spiro atoms. The molecule has 0 radical (unpaired) electrons. The second-order valence-corrected chi connectivity index (χ2v) is 11.2. The summed E-state index contributed by atoms with van der Waals surface area (Å²) in [6, 6.07) is 2.95. The Labute approximate surface area is 189 Å². The lowest BCUT2D eigenvalue weighted by Gasteiger charge is -2.46. The van der Waals surface area contributed by atoms with Gasteiger partial charge in [-0.15, -0.1) is 0 Å². The van der Waals surface area contributed by atoms with E-state index >= 15 is 0 Å². The SMILES string of the molecule is CCCCCCCC1(CC(C#N)C2(CCCCCCC)CCCCC2)CCCCC1. The number of nitriles is 1. The molecule has 1 nitrogen and oxygen atoms in total. The molecule has 2 saturated carbocycles. The lowest BCUT2D eigenvalue weighted by Crippen LogP contribution is -2.37. The molecule has 0 aromatic heterocycles. The quantitative estimate of drug-likeness (QED) is 0.244. The van der Waals surface area contributed by atoms with Crippen LogP contribution in [0, 0.1) is 28.1 Å². The summed E-state index contributed by atoms with van der Waals surface area (Å²) in [5.41, 5.74) is 0.851. The maximum Gasteiger partial charge on any atom is 0.0661 e. The van der Waals surface area contributed by atoms with E-state index in [9.17, 15) is 5.26 Å². The van der Waals surface area contributed by atoms with E-state index in [0.717, 1.165) is 0 Å². The molecule has 0 aromatic rings. The molecule has 0 saturated heterocycles. The van der Waals surface area contributed by atoms with Gasteiger partial charge in [-0.25, -0.2) is 0 Å². The summed E-state index contributed by atoms with van der Waals surface area (Å²) >= 11 is 0. The lowest BCUT2D eigenvalue weighted by atomic mass is 9.57. The fourth-order valence-corrected chi connectivity index (χ4v) is 6.90. The minimum absolute atomic E-state index is 0.317. The molecule has 0 N–H and O–H groups in total. The summed E-state index contributed by atoms with van der Waals surface area (Å²) in [5.74, 6) is 0.317. The lowest BCUT2D eigenvalue weighted by molar-refractivity contribution is 0.0484. The summed E-state index contributed by atoms with van der Waals surface area (Å²) in [7, 11) is 0. The van der Waals surface area contributed by atoms with Crippen LogP contribution in [-0.4, -0.2) is 0 Å². The van der Waals surface area contributed by atoms with Crippen molar-refractivity contribution in [2.75, 3.05) is 0 Å². The Morgan fingerprint density at radius 2 is 1.13 bits per heavy atom. The average Bonchev–Trinajstić information content (AvgIpc) is 2.78. The molecule has 0 amide bonds. The van der Waals surface area contributed by atoms with Crippen LogP contribution in [-0.2, 0) is 0 Å². The monoisotopic (exact) mass is 415 g/mol. The van der Waals surface area contributed by atoms with Crippen LogP contribution in [0.1, 0.15) is 162 Å². The summed E-state index contributed by atoms with van der Waals surface area (Å²) in [6.07, 6.45) is 31.7. The normalized spacial score (nSPS) is 21.8. The first-order chi connectivity index (χ1) is 14.7. The van der Waals surface area contributed by atoms with Gasteiger partial charge in [0.2, 0.25) is 0 Å². The van der Waals surface area contributed by atoms with E-state index in [1.807, 2.05) is 0 Å². The first kappa shape index (κ1) is 25.7. The zero-order valence-corrected chi connectivity index (χ0v) is 20.8. The van der Waals surface area contributed by atoms with Crippen molar-refractivity contribution in [1.82, 2.24) is 0 Å². The van der Waals surface area contributed by atoms with Crippen molar-refractivity contribution in [2.24, 2.45) is 16.7 Å². The molecular formula is C29H53N. The van der Waals surface area contributed by atoms with Crippen LogP contribution in [0.15, 0.2) is 0 Å². The highest BCUT2D eigenvalue weighted by molar-refractivity contribution is 5.02. The van der Waals surface area contributed by atoms with E-state index in [2.05, 4.69) is 19.9 Å². The third kappa shape index (κ3) is 8.20. The highest BCUT2D eigenvalue weighted by atomic mass is 14.5. The van der Waals surface area contributed by atoms with Gasteiger partial charge >= 0.3 is 0 Å². The Hall–Kier alpha value is -0.510. The highest BCUT2D eigenvalue weighted by Crippen LogP contribution is 2.54. The molecule has 0 bridgehead atoms. The van der Waals surface area contributed by atoms with Crippen molar-refractivity contribution < 1.29 is 0 Å². The smallest absolute Gasteiger partial charge is 0.0661 e. The van der Waals surface area contributed by atoms with Crippen LogP contribution < -0.4 is 0 Å². The van der Waals surface area contributed by atoms with Gasteiger partial charge in [-0.05, 0) is 55.8 Å². The van der Waals surface area contributed by atoms with Crippen molar-refractivity contribution in [2.45, 2.75) is 162 Å². The summed E-state index contributed by atoms with van der Waals surface area (Å²) in [5, 5.41) is 10.4. The Morgan fingerprint density at radius 3 is 1.67 bits per heavy atom. The van der Waals surface area contributed by atoms with Crippen molar-refractivity contribution in [3.05, 3.63) is 0 Å². The second kappa shape index (κ2) is 14.5. The largest absolute Gasteiger partial charge is 0.198 e. The van der Waals surface area contributed by atoms with Crippen LogP contribution >= 0.6 is 0 Å². The Morgan fingerprint density at radius 1 is 0.633 bits per heavy atom. The van der Waals surface area contributed by atoms with E-state index in [-0.39, 0.29) is 0 Å². The van der Waals surface area contributed by atoms with Crippen LogP contribution in [0.5, 0.6) is 0 Å². The molecule has 174 valence electrons. The van der Waals surface area contributed by atoms with Gasteiger partial charge < -0.3 is 0 Å². The van der Waals surface area contributed by atoms with Crippen molar-refractivity contribution in [1.29, 1.82) is 5.26 Å². The molecular weight excluding hydrogens is 362 g/mol. The minimum Gasteiger partial charge on any atom is -0.198 e. The molecule has 1 unspecified atom stereocenters. The van der Waals surface area contributed by atoms with Gasteiger partial charge in [-0.2, -0.15) is 5.26 Å². The van der Waals surface area contributed by atoms with Crippen LogP contribution in [0.4, 0.5) is 0 Å². The zero-order chi connectivity index (χ0) is 21.5. The highest BCUT2D eigenvalue weighted by Gasteiger charge is 2.44. The van der Waals surface area contributed by atoms with Gasteiger partial charge in [0.05, 0.1) is 12.0 Å². The molecule has 2 aliphatic carbocycles. The molecule has 1 atom stereocenters. The van der Waals surface area contributed by atoms with Crippen LogP contribution in [0.3, 0.4) is 0 Å². The third-order valence-electron chi connectivity index (χ3n) is 8.88. The van der Waals surface area contributed by atoms with E-state index < -0.39 is 0 Å². The number of nitrogens with zero attached hydrogens (tertiary/aromatic N) is 1. The predicted molar refractivity (Wildman–Crippen MR) is 132 cm³/mol. The van der Waals surface area contributed by atoms with Gasteiger partial charge in [0.1, 0.15) is 0 Å².